The Labute approximate surface area is 181 Å². The van der Waals surface area contributed by atoms with Crippen molar-refractivity contribution < 1.29 is 4.79 Å². The van der Waals surface area contributed by atoms with Crippen molar-refractivity contribution >= 4 is 28.5 Å². The monoisotopic (exact) mass is 417 g/mol. The summed E-state index contributed by atoms with van der Waals surface area (Å²) in [5, 5.41) is 3.69. The van der Waals surface area contributed by atoms with Crippen molar-refractivity contribution in [1.82, 2.24) is 14.9 Å². The Morgan fingerprint density at radius 1 is 0.900 bits per heavy atom. The van der Waals surface area contributed by atoms with E-state index in [1.54, 1.807) is 12.1 Å². The van der Waals surface area contributed by atoms with Gasteiger partial charge in [-0.1, -0.05) is 66.2 Å². The van der Waals surface area contributed by atoms with Crippen molar-refractivity contribution in [3.63, 3.8) is 0 Å². The van der Waals surface area contributed by atoms with E-state index in [9.17, 15) is 4.79 Å². The molecule has 4 nitrogen and oxygen atoms in total. The molecule has 30 heavy (non-hydrogen) atoms. The molecule has 0 radical (unpaired) electrons. The Bertz CT molecular complexity index is 1120. The number of rotatable bonds is 8. The van der Waals surface area contributed by atoms with Gasteiger partial charge in [-0.25, -0.2) is 4.98 Å². The van der Waals surface area contributed by atoms with E-state index >= 15 is 0 Å². The number of fused-ring (bicyclic) bond motifs is 1. The van der Waals surface area contributed by atoms with Crippen molar-refractivity contribution in [2.45, 2.75) is 25.8 Å². The highest BCUT2D eigenvalue weighted by Crippen LogP contribution is 2.19. The van der Waals surface area contributed by atoms with E-state index in [4.69, 9.17) is 16.6 Å². The highest BCUT2D eigenvalue weighted by Gasteiger charge is 2.11. The summed E-state index contributed by atoms with van der Waals surface area (Å²) in [6.45, 7) is 1.42. The standard InChI is InChI=1S/C25H24ClN3O/c26-21-14-12-19(13-15-21)17-25(30)27-16-6-11-24-28-22-9-4-5-10-23(22)29(24)18-20-7-2-1-3-8-20/h1-5,7-10,12-15H,6,11,16-18H2,(H,27,30). The maximum absolute atomic E-state index is 12.2. The third-order valence-electron chi connectivity index (χ3n) is 5.09. The van der Waals surface area contributed by atoms with Gasteiger partial charge in [0.25, 0.3) is 0 Å². The summed E-state index contributed by atoms with van der Waals surface area (Å²) in [7, 11) is 0. The van der Waals surface area contributed by atoms with Crippen molar-refractivity contribution in [1.29, 1.82) is 0 Å². The summed E-state index contributed by atoms with van der Waals surface area (Å²) >= 11 is 5.89. The van der Waals surface area contributed by atoms with Gasteiger partial charge >= 0.3 is 0 Å². The lowest BCUT2D eigenvalue weighted by atomic mass is 10.1. The van der Waals surface area contributed by atoms with Crippen LogP contribution in [0.2, 0.25) is 5.02 Å². The Kier molecular flexibility index (Phi) is 6.45. The molecule has 0 saturated heterocycles. The number of nitrogens with zero attached hydrogens (tertiary/aromatic N) is 2. The molecular weight excluding hydrogens is 394 g/mol. The minimum Gasteiger partial charge on any atom is -0.356 e. The fourth-order valence-electron chi connectivity index (χ4n) is 3.58. The molecule has 0 aliphatic carbocycles. The molecule has 1 aromatic heterocycles. The Balaban J connectivity index is 1.37. The lowest BCUT2D eigenvalue weighted by Crippen LogP contribution is -2.26. The number of para-hydroxylation sites is 2. The zero-order valence-corrected chi connectivity index (χ0v) is 17.5. The van der Waals surface area contributed by atoms with Crippen LogP contribution in [-0.2, 0) is 24.2 Å². The maximum atomic E-state index is 12.2. The van der Waals surface area contributed by atoms with Crippen molar-refractivity contribution in [3.05, 3.63) is 101 Å². The molecule has 0 fully saturated rings. The predicted molar refractivity (Wildman–Crippen MR) is 122 cm³/mol. The second kappa shape index (κ2) is 9.59. The molecule has 0 bridgehead atoms. The SMILES string of the molecule is O=C(Cc1ccc(Cl)cc1)NCCCc1nc2ccccc2n1Cc1ccccc1. The lowest BCUT2D eigenvalue weighted by molar-refractivity contribution is -0.120. The number of hydrogen-bond donors (Lipinski definition) is 1. The van der Waals surface area contributed by atoms with Crippen LogP contribution in [0.5, 0.6) is 0 Å². The highest BCUT2D eigenvalue weighted by atomic mass is 35.5. The van der Waals surface area contributed by atoms with Crippen LogP contribution in [0.25, 0.3) is 11.0 Å². The lowest BCUT2D eigenvalue weighted by Gasteiger charge is -2.10. The van der Waals surface area contributed by atoms with E-state index in [1.807, 2.05) is 36.4 Å². The topological polar surface area (TPSA) is 46.9 Å². The minimum absolute atomic E-state index is 0.0233. The van der Waals surface area contributed by atoms with Crippen molar-refractivity contribution in [3.8, 4) is 0 Å². The van der Waals surface area contributed by atoms with Gasteiger partial charge in [0.2, 0.25) is 5.91 Å². The van der Waals surface area contributed by atoms with Gasteiger partial charge in [0.15, 0.2) is 0 Å². The molecule has 0 saturated carbocycles. The van der Waals surface area contributed by atoms with Crippen molar-refractivity contribution in [2.24, 2.45) is 0 Å². The zero-order valence-electron chi connectivity index (χ0n) is 16.7. The third-order valence-corrected chi connectivity index (χ3v) is 5.35. The fraction of sp³-hybridized carbons (Fsp3) is 0.200. The predicted octanol–water partition coefficient (Wildman–Crippen LogP) is 5.03. The van der Waals surface area contributed by atoms with E-state index in [0.29, 0.717) is 18.0 Å². The molecule has 5 heteroatoms. The molecule has 0 atom stereocenters. The van der Waals surface area contributed by atoms with Gasteiger partial charge in [0.1, 0.15) is 5.82 Å². The molecule has 0 aliphatic heterocycles. The molecular formula is C25H24ClN3O. The van der Waals surface area contributed by atoms with Crippen LogP contribution in [0.4, 0.5) is 0 Å². The number of amides is 1. The van der Waals surface area contributed by atoms with Crippen LogP contribution in [-0.4, -0.2) is 22.0 Å². The Hall–Kier alpha value is -3.11. The number of aromatic nitrogens is 2. The smallest absolute Gasteiger partial charge is 0.224 e. The van der Waals surface area contributed by atoms with Crippen molar-refractivity contribution in [2.75, 3.05) is 6.54 Å². The van der Waals surface area contributed by atoms with Crippen LogP contribution in [0.3, 0.4) is 0 Å². The number of carbonyl (C=O) groups is 1. The first-order valence-electron chi connectivity index (χ1n) is 10.2. The van der Waals surface area contributed by atoms with Gasteiger partial charge in [-0.2, -0.15) is 0 Å². The number of imidazole rings is 1. The summed E-state index contributed by atoms with van der Waals surface area (Å²) in [5.74, 6) is 1.07. The Morgan fingerprint density at radius 3 is 2.43 bits per heavy atom. The molecule has 4 rings (SSSR count). The van der Waals surface area contributed by atoms with Crippen LogP contribution in [0.15, 0.2) is 78.9 Å². The van der Waals surface area contributed by atoms with E-state index in [0.717, 1.165) is 41.8 Å². The molecule has 3 aromatic carbocycles. The van der Waals surface area contributed by atoms with Crippen LogP contribution >= 0.6 is 11.6 Å². The van der Waals surface area contributed by atoms with E-state index in [-0.39, 0.29) is 5.91 Å². The number of nitrogens with one attached hydrogen (secondary N) is 1. The summed E-state index contributed by atoms with van der Waals surface area (Å²) in [6.07, 6.45) is 2.01. The molecule has 4 aromatic rings. The second-order valence-corrected chi connectivity index (χ2v) is 7.78. The zero-order chi connectivity index (χ0) is 20.8. The van der Waals surface area contributed by atoms with Gasteiger partial charge in [-0.15, -0.1) is 0 Å². The number of carbonyl (C=O) groups excluding carboxylic acids is 1. The van der Waals surface area contributed by atoms with Gasteiger partial charge in [-0.3, -0.25) is 4.79 Å². The first-order chi connectivity index (χ1) is 14.7. The van der Waals surface area contributed by atoms with Gasteiger partial charge in [0.05, 0.1) is 17.5 Å². The number of halogens is 1. The van der Waals surface area contributed by atoms with Crippen LogP contribution < -0.4 is 5.32 Å². The molecule has 1 amide bonds. The summed E-state index contributed by atoms with van der Waals surface area (Å²) in [5.41, 5.74) is 4.36. The quantitative estimate of drug-likeness (QED) is 0.409. The molecule has 152 valence electrons. The van der Waals surface area contributed by atoms with Gasteiger partial charge < -0.3 is 9.88 Å². The molecule has 0 aliphatic rings. The second-order valence-electron chi connectivity index (χ2n) is 7.35. The van der Waals surface area contributed by atoms with E-state index in [1.165, 1.54) is 5.56 Å². The largest absolute Gasteiger partial charge is 0.356 e. The van der Waals surface area contributed by atoms with E-state index in [2.05, 4.69) is 40.2 Å². The Morgan fingerprint density at radius 2 is 1.63 bits per heavy atom. The summed E-state index contributed by atoms with van der Waals surface area (Å²) in [6, 6.07) is 26.0. The minimum atomic E-state index is 0.0233. The molecule has 0 spiro atoms. The van der Waals surface area contributed by atoms with Gasteiger partial charge in [-0.05, 0) is 41.8 Å². The average molecular weight is 418 g/mol. The van der Waals surface area contributed by atoms with E-state index < -0.39 is 0 Å². The highest BCUT2D eigenvalue weighted by molar-refractivity contribution is 6.30. The van der Waals surface area contributed by atoms with Gasteiger partial charge in [0, 0.05) is 24.5 Å². The number of aryl methyl sites for hydroxylation is 1. The molecule has 1 heterocycles. The summed E-state index contributed by atoms with van der Waals surface area (Å²) in [4.78, 5) is 17.0. The first-order valence-corrected chi connectivity index (χ1v) is 10.6. The molecule has 0 unspecified atom stereocenters. The average Bonchev–Trinajstić information content (AvgIpc) is 3.11. The number of hydrogen-bond acceptors (Lipinski definition) is 2. The third kappa shape index (κ3) is 5.08. The molecule has 1 N–H and O–H groups in total. The number of benzene rings is 3. The first kappa shape index (κ1) is 20.2. The van der Waals surface area contributed by atoms with Crippen LogP contribution in [0, 0.1) is 0 Å². The fourth-order valence-corrected chi connectivity index (χ4v) is 3.71. The van der Waals surface area contributed by atoms with Crippen LogP contribution in [0.1, 0.15) is 23.4 Å². The normalized spacial score (nSPS) is 11.0. The maximum Gasteiger partial charge on any atom is 0.224 e. The summed E-state index contributed by atoms with van der Waals surface area (Å²) < 4.78 is 2.28.